The van der Waals surface area contributed by atoms with E-state index in [-0.39, 0.29) is 16.9 Å². The van der Waals surface area contributed by atoms with E-state index in [2.05, 4.69) is 10.2 Å². The first kappa shape index (κ1) is 12.1. The van der Waals surface area contributed by atoms with Crippen LogP contribution in [0.4, 0.5) is 0 Å². The van der Waals surface area contributed by atoms with Gasteiger partial charge in [0.1, 0.15) is 0 Å². The smallest absolute Gasteiger partial charge is 0.335 e. The van der Waals surface area contributed by atoms with Gasteiger partial charge in [0.05, 0.1) is 16.3 Å². The lowest BCUT2D eigenvalue weighted by Crippen LogP contribution is -2.03. The number of halogens is 1. The maximum absolute atomic E-state index is 11.5. The highest BCUT2D eigenvalue weighted by Crippen LogP contribution is 2.27. The Morgan fingerprint density at radius 1 is 1.29 bits per heavy atom. The number of aromatic nitrogens is 2. The first-order chi connectivity index (χ1) is 8.04. The summed E-state index contributed by atoms with van der Waals surface area (Å²) >= 11 is 5.94. The fraction of sp³-hybridized carbons (Fsp3) is 0.200. The number of hydrogen-bond donors (Lipinski definition) is 0. The topological polar surface area (TPSA) is 73.1 Å². The lowest BCUT2D eigenvalue weighted by molar-refractivity contribution is 0.440. The van der Waals surface area contributed by atoms with Gasteiger partial charge in [0, 0.05) is 0 Å². The van der Waals surface area contributed by atoms with Crippen LogP contribution in [0.5, 0.6) is 0 Å². The summed E-state index contributed by atoms with van der Waals surface area (Å²) in [4.78, 5) is 0. The molecule has 90 valence electrons. The third kappa shape index (κ3) is 2.32. The molecule has 1 aromatic carbocycles. The average Bonchev–Trinajstić information content (AvgIpc) is 2.79. The molecule has 0 aliphatic carbocycles. The SMILES string of the molecule is CCS(=O)(=O)c1nnc(-c2ccccc2Cl)o1. The van der Waals surface area contributed by atoms with Gasteiger partial charge in [-0.15, -0.1) is 5.10 Å². The van der Waals surface area contributed by atoms with Crippen LogP contribution in [0.2, 0.25) is 5.02 Å². The molecule has 5 nitrogen and oxygen atoms in total. The molecule has 7 heteroatoms. The van der Waals surface area contributed by atoms with Gasteiger partial charge in [-0.3, -0.25) is 0 Å². The van der Waals surface area contributed by atoms with Gasteiger partial charge < -0.3 is 4.42 Å². The van der Waals surface area contributed by atoms with Gasteiger partial charge in [-0.1, -0.05) is 35.8 Å². The molecule has 0 fully saturated rings. The van der Waals surface area contributed by atoms with E-state index in [1.807, 2.05) is 0 Å². The third-order valence-electron chi connectivity index (χ3n) is 2.16. The Hall–Kier alpha value is -1.40. The predicted octanol–water partition coefficient (Wildman–Crippen LogP) is 2.18. The normalized spacial score (nSPS) is 11.6. The zero-order valence-corrected chi connectivity index (χ0v) is 10.5. The summed E-state index contributed by atoms with van der Waals surface area (Å²) in [6, 6.07) is 6.85. The van der Waals surface area contributed by atoms with Gasteiger partial charge in [-0.2, -0.15) is 0 Å². The molecule has 1 aromatic heterocycles. The van der Waals surface area contributed by atoms with E-state index in [0.29, 0.717) is 10.6 Å². The lowest BCUT2D eigenvalue weighted by atomic mass is 10.2. The molecule has 0 unspecified atom stereocenters. The molecule has 0 aliphatic rings. The molecule has 17 heavy (non-hydrogen) atoms. The Morgan fingerprint density at radius 2 is 2.00 bits per heavy atom. The van der Waals surface area contributed by atoms with Gasteiger partial charge in [0.15, 0.2) is 0 Å². The highest BCUT2D eigenvalue weighted by molar-refractivity contribution is 7.91. The van der Waals surface area contributed by atoms with Crippen LogP contribution in [-0.2, 0) is 9.84 Å². The van der Waals surface area contributed by atoms with E-state index >= 15 is 0 Å². The Kier molecular flexibility index (Phi) is 3.17. The molecule has 0 radical (unpaired) electrons. The molecule has 1 heterocycles. The number of hydrogen-bond acceptors (Lipinski definition) is 5. The molecule has 0 atom stereocenters. The molecule has 0 saturated carbocycles. The number of sulfone groups is 1. The second-order valence-electron chi connectivity index (χ2n) is 3.26. The van der Waals surface area contributed by atoms with Gasteiger partial charge in [0.25, 0.3) is 0 Å². The van der Waals surface area contributed by atoms with Crippen molar-refractivity contribution in [1.29, 1.82) is 0 Å². The first-order valence-corrected chi connectivity index (χ1v) is 6.89. The van der Waals surface area contributed by atoms with Crippen LogP contribution in [-0.4, -0.2) is 24.4 Å². The molecular formula is C10H9ClN2O3S. The van der Waals surface area contributed by atoms with Crippen molar-refractivity contribution in [2.24, 2.45) is 0 Å². The minimum atomic E-state index is -3.48. The monoisotopic (exact) mass is 272 g/mol. The summed E-state index contributed by atoms with van der Waals surface area (Å²) in [5.74, 6) is 0.0135. The summed E-state index contributed by atoms with van der Waals surface area (Å²) < 4.78 is 28.1. The van der Waals surface area contributed by atoms with Crippen molar-refractivity contribution in [1.82, 2.24) is 10.2 Å². The van der Waals surface area contributed by atoms with Crippen LogP contribution in [0, 0.1) is 0 Å². The Labute approximate surface area is 103 Å². The van der Waals surface area contributed by atoms with Crippen molar-refractivity contribution in [2.45, 2.75) is 12.1 Å². The zero-order chi connectivity index (χ0) is 12.5. The number of nitrogens with zero attached hydrogens (tertiary/aromatic N) is 2. The fourth-order valence-corrected chi connectivity index (χ4v) is 2.04. The quantitative estimate of drug-likeness (QED) is 0.856. The molecule has 0 aliphatic heterocycles. The van der Waals surface area contributed by atoms with E-state index < -0.39 is 9.84 Å². The van der Waals surface area contributed by atoms with E-state index in [1.165, 1.54) is 6.92 Å². The minimum Gasteiger partial charge on any atom is -0.408 e. The van der Waals surface area contributed by atoms with Gasteiger partial charge in [-0.05, 0) is 12.1 Å². The largest absolute Gasteiger partial charge is 0.408 e. The maximum Gasteiger partial charge on any atom is 0.335 e. The molecule has 0 amide bonds. The van der Waals surface area contributed by atoms with Crippen molar-refractivity contribution in [3.63, 3.8) is 0 Å². The van der Waals surface area contributed by atoms with Gasteiger partial charge in [-0.25, -0.2) is 8.42 Å². The minimum absolute atomic E-state index is 0.0862. The van der Waals surface area contributed by atoms with Gasteiger partial charge >= 0.3 is 5.22 Å². The zero-order valence-electron chi connectivity index (χ0n) is 8.92. The average molecular weight is 273 g/mol. The van der Waals surface area contributed by atoms with Gasteiger partial charge in [0.2, 0.25) is 15.7 Å². The second-order valence-corrected chi connectivity index (χ2v) is 5.82. The van der Waals surface area contributed by atoms with Crippen LogP contribution in [0.3, 0.4) is 0 Å². The van der Waals surface area contributed by atoms with E-state index in [4.69, 9.17) is 16.0 Å². The molecule has 0 bridgehead atoms. The van der Waals surface area contributed by atoms with Crippen LogP contribution < -0.4 is 0 Å². The molecule has 2 aromatic rings. The predicted molar refractivity (Wildman–Crippen MR) is 62.5 cm³/mol. The summed E-state index contributed by atoms with van der Waals surface area (Å²) in [6.45, 7) is 1.51. The number of benzene rings is 1. The van der Waals surface area contributed by atoms with E-state index in [9.17, 15) is 8.42 Å². The summed E-state index contributed by atoms with van der Waals surface area (Å²) in [6.07, 6.45) is 0. The molecular weight excluding hydrogens is 264 g/mol. The standard InChI is InChI=1S/C10H9ClN2O3S/c1-2-17(14,15)10-13-12-9(16-10)7-5-3-4-6-8(7)11/h3-6H,2H2,1H3. The first-order valence-electron chi connectivity index (χ1n) is 4.86. The van der Waals surface area contributed by atoms with Crippen LogP contribution >= 0.6 is 11.6 Å². The summed E-state index contributed by atoms with van der Waals surface area (Å²) in [7, 11) is -3.48. The fourth-order valence-electron chi connectivity index (χ4n) is 1.20. The van der Waals surface area contributed by atoms with Crippen molar-refractivity contribution >= 4 is 21.4 Å². The third-order valence-corrected chi connectivity index (χ3v) is 3.94. The molecule has 0 spiro atoms. The van der Waals surface area contributed by atoms with Crippen molar-refractivity contribution in [2.75, 3.05) is 5.75 Å². The van der Waals surface area contributed by atoms with Crippen molar-refractivity contribution < 1.29 is 12.8 Å². The van der Waals surface area contributed by atoms with Crippen molar-refractivity contribution in [3.8, 4) is 11.5 Å². The molecule has 0 saturated heterocycles. The molecule has 2 rings (SSSR count). The number of rotatable bonds is 3. The van der Waals surface area contributed by atoms with Crippen LogP contribution in [0.15, 0.2) is 33.9 Å². The van der Waals surface area contributed by atoms with Crippen LogP contribution in [0.25, 0.3) is 11.5 Å². The molecule has 0 N–H and O–H groups in total. The maximum atomic E-state index is 11.5. The van der Waals surface area contributed by atoms with E-state index in [1.54, 1.807) is 24.3 Å². The summed E-state index contributed by atoms with van der Waals surface area (Å²) in [5, 5.41) is 7.24. The second kappa shape index (κ2) is 4.46. The Morgan fingerprint density at radius 3 is 2.65 bits per heavy atom. The van der Waals surface area contributed by atoms with Crippen LogP contribution in [0.1, 0.15) is 6.92 Å². The lowest BCUT2D eigenvalue weighted by Gasteiger charge is -1.96. The van der Waals surface area contributed by atoms with Crippen molar-refractivity contribution in [3.05, 3.63) is 29.3 Å². The Balaban J connectivity index is 2.48. The van der Waals surface area contributed by atoms with E-state index in [0.717, 1.165) is 0 Å². The summed E-state index contributed by atoms with van der Waals surface area (Å²) in [5.41, 5.74) is 0.513. The Bertz CT molecular complexity index is 637. The highest BCUT2D eigenvalue weighted by atomic mass is 35.5. The highest BCUT2D eigenvalue weighted by Gasteiger charge is 2.21.